The van der Waals surface area contributed by atoms with E-state index in [-0.39, 0.29) is 11.8 Å². The molecule has 5 nitrogen and oxygen atoms in total. The summed E-state index contributed by atoms with van der Waals surface area (Å²) in [5, 5.41) is 0. The fourth-order valence-electron chi connectivity index (χ4n) is 4.69. The van der Waals surface area contributed by atoms with Gasteiger partial charge in [-0.25, -0.2) is 4.79 Å². The Morgan fingerprint density at radius 3 is 2.21 bits per heavy atom. The number of carbonyl (C=O) groups is 2. The molecule has 0 heterocycles. The zero-order valence-corrected chi connectivity index (χ0v) is 21.5. The van der Waals surface area contributed by atoms with Crippen LogP contribution in [0.25, 0.3) is 17.2 Å². The molecule has 8 heteroatoms. The third kappa shape index (κ3) is 8.21. The van der Waals surface area contributed by atoms with Crippen molar-refractivity contribution in [2.45, 2.75) is 44.8 Å². The molecule has 39 heavy (non-hydrogen) atoms. The van der Waals surface area contributed by atoms with E-state index >= 15 is 0 Å². The third-order valence-electron chi connectivity index (χ3n) is 6.73. The van der Waals surface area contributed by atoms with E-state index in [2.05, 4.69) is 4.74 Å². The molecule has 1 fully saturated rings. The molecule has 1 aliphatic rings. The van der Waals surface area contributed by atoms with Crippen molar-refractivity contribution in [1.29, 1.82) is 0 Å². The summed E-state index contributed by atoms with van der Waals surface area (Å²) >= 11 is 0. The van der Waals surface area contributed by atoms with Crippen molar-refractivity contribution in [3.05, 3.63) is 90.0 Å². The van der Waals surface area contributed by atoms with Gasteiger partial charge in [-0.2, -0.15) is 13.2 Å². The van der Waals surface area contributed by atoms with Crippen molar-refractivity contribution in [1.82, 2.24) is 0 Å². The first kappa shape index (κ1) is 28.0. The van der Waals surface area contributed by atoms with Crippen molar-refractivity contribution in [3.8, 4) is 11.1 Å². The molecular formula is C31H31F3N2O3. The number of esters is 1. The molecule has 4 rings (SSSR count). The summed E-state index contributed by atoms with van der Waals surface area (Å²) in [4.78, 5) is 27.2. The lowest BCUT2D eigenvalue weighted by molar-refractivity contribution is -0.182. The van der Waals surface area contributed by atoms with Gasteiger partial charge in [-0.3, -0.25) is 4.79 Å². The van der Waals surface area contributed by atoms with Gasteiger partial charge in [0.1, 0.15) is 0 Å². The minimum Gasteiger partial charge on any atom is -0.453 e. The van der Waals surface area contributed by atoms with Crippen LogP contribution in [0, 0.1) is 5.92 Å². The summed E-state index contributed by atoms with van der Waals surface area (Å²) < 4.78 is 41.2. The van der Waals surface area contributed by atoms with Gasteiger partial charge in [-0.05, 0) is 65.4 Å². The molecule has 1 saturated carbocycles. The Labute approximate surface area is 226 Å². The Hall–Kier alpha value is -4.07. The van der Waals surface area contributed by atoms with E-state index in [9.17, 15) is 22.8 Å². The Morgan fingerprint density at radius 1 is 0.923 bits per heavy atom. The Bertz CT molecular complexity index is 1300. The van der Waals surface area contributed by atoms with Crippen LogP contribution >= 0.6 is 0 Å². The first-order valence-electron chi connectivity index (χ1n) is 13.0. The maximum absolute atomic E-state index is 13.7. The van der Waals surface area contributed by atoms with Gasteiger partial charge in [0.05, 0.1) is 6.54 Å². The van der Waals surface area contributed by atoms with Crippen LogP contribution < -0.4 is 10.6 Å². The van der Waals surface area contributed by atoms with Crippen molar-refractivity contribution in [3.63, 3.8) is 0 Å². The van der Waals surface area contributed by atoms with Crippen LogP contribution in [0.2, 0.25) is 0 Å². The number of benzene rings is 3. The summed E-state index contributed by atoms with van der Waals surface area (Å²) in [5.74, 6) is -1.11. The molecule has 2 N–H and O–H groups in total. The van der Waals surface area contributed by atoms with E-state index < -0.39 is 18.8 Å². The maximum Gasteiger partial charge on any atom is 0.422 e. The van der Waals surface area contributed by atoms with E-state index in [1.165, 1.54) is 6.08 Å². The second kappa shape index (κ2) is 12.7. The van der Waals surface area contributed by atoms with Crippen LogP contribution in [0.3, 0.4) is 0 Å². The largest absolute Gasteiger partial charge is 0.453 e. The quantitative estimate of drug-likeness (QED) is 0.188. The fraction of sp³-hybridized carbons (Fsp3) is 0.290. The van der Waals surface area contributed by atoms with Crippen molar-refractivity contribution < 1.29 is 27.5 Å². The molecular weight excluding hydrogens is 505 g/mol. The highest BCUT2D eigenvalue weighted by molar-refractivity contribution is 5.95. The molecule has 0 radical (unpaired) electrons. The summed E-state index contributed by atoms with van der Waals surface area (Å²) in [6.45, 7) is -1.28. The number of ether oxygens (including phenoxy) is 1. The standard InChI is InChI=1S/C31H31F3N2O3/c32-31(33,34)21-39-29(37)18-11-22-5-4-8-28(19-22)36(30(38)26-6-2-1-3-7-26)20-23-9-12-24(13-10-23)25-14-16-27(35)17-15-25/h4-5,8-19,26H,1-3,6-7,20-21,35H2/b18-11+. The third-order valence-corrected chi connectivity index (χ3v) is 6.73. The Balaban J connectivity index is 1.55. The smallest absolute Gasteiger partial charge is 0.422 e. The van der Waals surface area contributed by atoms with E-state index in [0.717, 1.165) is 54.9 Å². The van der Waals surface area contributed by atoms with Gasteiger partial charge >= 0.3 is 12.1 Å². The van der Waals surface area contributed by atoms with Crippen LogP contribution in [0.4, 0.5) is 24.5 Å². The number of anilines is 2. The number of nitrogens with two attached hydrogens (primary N) is 1. The minimum atomic E-state index is -4.59. The minimum absolute atomic E-state index is 0.0445. The van der Waals surface area contributed by atoms with E-state index in [0.29, 0.717) is 23.5 Å². The lowest BCUT2D eigenvalue weighted by Crippen LogP contribution is -2.36. The molecule has 3 aromatic carbocycles. The molecule has 0 spiro atoms. The number of hydrogen-bond acceptors (Lipinski definition) is 4. The first-order valence-corrected chi connectivity index (χ1v) is 13.0. The predicted molar refractivity (Wildman–Crippen MR) is 147 cm³/mol. The normalized spacial score (nSPS) is 14.3. The molecule has 1 aliphatic carbocycles. The number of nitrogen functional groups attached to an aromatic ring is 1. The Kier molecular flexibility index (Phi) is 9.07. The van der Waals surface area contributed by atoms with Gasteiger partial charge in [0, 0.05) is 23.4 Å². The van der Waals surface area contributed by atoms with Gasteiger partial charge < -0.3 is 15.4 Å². The van der Waals surface area contributed by atoms with Crippen LogP contribution in [0.5, 0.6) is 0 Å². The topological polar surface area (TPSA) is 72.6 Å². The number of halogens is 3. The van der Waals surface area contributed by atoms with Gasteiger partial charge in [0.2, 0.25) is 5.91 Å². The van der Waals surface area contributed by atoms with Crippen LogP contribution in [0.15, 0.2) is 78.9 Å². The van der Waals surface area contributed by atoms with Crippen molar-refractivity contribution in [2.24, 2.45) is 5.92 Å². The fourth-order valence-corrected chi connectivity index (χ4v) is 4.69. The second-order valence-corrected chi connectivity index (χ2v) is 9.73. The monoisotopic (exact) mass is 536 g/mol. The predicted octanol–water partition coefficient (Wildman–Crippen LogP) is 7.17. The molecule has 0 bridgehead atoms. The van der Waals surface area contributed by atoms with E-state index in [1.807, 2.05) is 54.6 Å². The zero-order chi connectivity index (χ0) is 27.8. The summed E-state index contributed by atoms with van der Waals surface area (Å²) in [6, 6.07) is 22.7. The molecule has 0 unspecified atom stereocenters. The van der Waals surface area contributed by atoms with Crippen LogP contribution in [-0.4, -0.2) is 24.7 Å². The van der Waals surface area contributed by atoms with E-state index in [4.69, 9.17) is 5.73 Å². The maximum atomic E-state index is 13.7. The first-order chi connectivity index (χ1) is 18.7. The molecule has 0 saturated heterocycles. The highest BCUT2D eigenvalue weighted by atomic mass is 19.4. The Morgan fingerprint density at radius 2 is 1.56 bits per heavy atom. The summed E-state index contributed by atoms with van der Waals surface area (Å²) in [6.07, 6.45) is 2.59. The van der Waals surface area contributed by atoms with Crippen molar-refractivity contribution >= 4 is 29.3 Å². The number of rotatable bonds is 8. The molecule has 1 amide bonds. The van der Waals surface area contributed by atoms with Crippen LogP contribution in [-0.2, 0) is 20.9 Å². The number of hydrogen-bond donors (Lipinski definition) is 1. The molecule has 0 aliphatic heterocycles. The SMILES string of the molecule is Nc1ccc(-c2ccc(CN(C(=O)C3CCCCC3)c3cccc(/C=C/C(=O)OCC(F)(F)F)c3)cc2)cc1. The number of alkyl halides is 3. The number of nitrogens with zero attached hydrogens (tertiary/aromatic N) is 1. The van der Waals surface area contributed by atoms with E-state index in [1.54, 1.807) is 23.1 Å². The summed E-state index contributed by atoms with van der Waals surface area (Å²) in [5.41, 5.74) is 10.7. The lowest BCUT2D eigenvalue weighted by atomic mass is 9.88. The average molecular weight is 537 g/mol. The average Bonchev–Trinajstić information content (AvgIpc) is 2.94. The highest BCUT2D eigenvalue weighted by Gasteiger charge is 2.29. The molecule has 204 valence electrons. The lowest BCUT2D eigenvalue weighted by Gasteiger charge is -2.30. The zero-order valence-electron chi connectivity index (χ0n) is 21.5. The summed E-state index contributed by atoms with van der Waals surface area (Å²) in [7, 11) is 0. The van der Waals surface area contributed by atoms with Gasteiger partial charge in [-0.1, -0.05) is 67.8 Å². The molecule has 3 aromatic rings. The van der Waals surface area contributed by atoms with Crippen LogP contribution in [0.1, 0.15) is 43.2 Å². The second-order valence-electron chi connectivity index (χ2n) is 9.73. The van der Waals surface area contributed by atoms with Gasteiger partial charge in [0.25, 0.3) is 0 Å². The number of carbonyl (C=O) groups excluding carboxylic acids is 2. The van der Waals surface area contributed by atoms with Gasteiger partial charge in [-0.15, -0.1) is 0 Å². The highest BCUT2D eigenvalue weighted by Crippen LogP contribution is 2.30. The number of amides is 1. The molecule has 0 aromatic heterocycles. The van der Waals surface area contributed by atoms with Crippen molar-refractivity contribution in [2.75, 3.05) is 17.2 Å². The molecule has 0 atom stereocenters. The van der Waals surface area contributed by atoms with Gasteiger partial charge in [0.15, 0.2) is 6.61 Å².